The number of piperidine rings is 1. The summed E-state index contributed by atoms with van der Waals surface area (Å²) in [6, 6.07) is 2.19. The predicted octanol–water partition coefficient (Wildman–Crippen LogP) is 2.31. The molecule has 0 atom stereocenters. The Bertz CT molecular complexity index is 381. The lowest BCUT2D eigenvalue weighted by Gasteiger charge is -2.30. The molecule has 108 valence electrons. The van der Waals surface area contributed by atoms with Gasteiger partial charge >= 0.3 is 0 Å². The normalized spacial score (nSPS) is 18.1. The minimum atomic E-state index is 0.450. The van der Waals surface area contributed by atoms with Crippen LogP contribution in [0.3, 0.4) is 0 Å². The lowest BCUT2D eigenvalue weighted by molar-refractivity contribution is 0.0387. The molecule has 0 radical (unpaired) electrons. The summed E-state index contributed by atoms with van der Waals surface area (Å²) in [6.07, 6.45) is 2.72. The van der Waals surface area contributed by atoms with E-state index in [4.69, 9.17) is 9.15 Å². The van der Waals surface area contributed by atoms with Crippen LogP contribution in [0.25, 0.3) is 0 Å². The molecule has 4 nitrogen and oxygen atoms in total. The van der Waals surface area contributed by atoms with E-state index in [1.54, 1.807) is 0 Å². The summed E-state index contributed by atoms with van der Waals surface area (Å²) in [5, 5.41) is 3.30. The van der Waals surface area contributed by atoms with Gasteiger partial charge in [0.2, 0.25) is 0 Å². The fraction of sp³-hybridized carbons (Fsp3) is 0.733. The van der Waals surface area contributed by atoms with E-state index in [9.17, 15) is 0 Å². The lowest BCUT2D eigenvalue weighted by Crippen LogP contribution is -2.36. The van der Waals surface area contributed by atoms with Crippen LogP contribution in [0.4, 0.5) is 0 Å². The van der Waals surface area contributed by atoms with Gasteiger partial charge in [0.1, 0.15) is 11.5 Å². The third-order valence-corrected chi connectivity index (χ3v) is 3.88. The van der Waals surface area contributed by atoms with Crippen molar-refractivity contribution in [2.45, 2.75) is 45.9 Å². The summed E-state index contributed by atoms with van der Waals surface area (Å²) in [5.41, 5.74) is 1.32. The van der Waals surface area contributed by atoms with Gasteiger partial charge < -0.3 is 14.5 Å². The molecule has 0 saturated carbocycles. The van der Waals surface area contributed by atoms with Crippen molar-refractivity contribution in [3.63, 3.8) is 0 Å². The molecule has 2 rings (SSSR count). The second-order valence-corrected chi connectivity index (χ2v) is 5.29. The highest BCUT2D eigenvalue weighted by Gasteiger charge is 2.20. The first kappa shape index (κ1) is 14.6. The molecule has 4 heteroatoms. The molecule has 0 aromatic carbocycles. The van der Waals surface area contributed by atoms with Gasteiger partial charge in [-0.3, -0.25) is 4.90 Å². The maximum absolute atomic E-state index is 5.79. The number of nitrogens with one attached hydrogen (secondary N) is 1. The van der Waals surface area contributed by atoms with Gasteiger partial charge in [0.15, 0.2) is 0 Å². The molecule has 1 aromatic rings. The van der Waals surface area contributed by atoms with Gasteiger partial charge in [-0.15, -0.1) is 0 Å². The Morgan fingerprint density at radius 1 is 1.42 bits per heavy atom. The zero-order valence-electron chi connectivity index (χ0n) is 12.4. The van der Waals surface area contributed by atoms with Crippen LogP contribution in [0.2, 0.25) is 0 Å². The number of likely N-dealkylation sites (tertiary alicyclic amines) is 1. The Kier molecular flexibility index (Phi) is 5.43. The summed E-state index contributed by atoms with van der Waals surface area (Å²) in [4.78, 5) is 2.49. The molecular weight excluding hydrogens is 240 g/mol. The smallest absolute Gasteiger partial charge is 0.118 e. The van der Waals surface area contributed by atoms with Crippen molar-refractivity contribution in [3.05, 3.63) is 23.2 Å². The molecule has 1 N–H and O–H groups in total. The number of rotatable bonds is 6. The minimum Gasteiger partial charge on any atom is -0.465 e. The molecule has 0 unspecified atom stereocenters. The van der Waals surface area contributed by atoms with Crippen molar-refractivity contribution in [2.24, 2.45) is 0 Å². The minimum absolute atomic E-state index is 0.450. The zero-order chi connectivity index (χ0) is 13.7. The molecule has 1 saturated heterocycles. The molecular formula is C15H26N2O2. The highest BCUT2D eigenvalue weighted by Crippen LogP contribution is 2.20. The maximum Gasteiger partial charge on any atom is 0.118 e. The summed E-state index contributed by atoms with van der Waals surface area (Å²) < 4.78 is 11.2. The van der Waals surface area contributed by atoms with Gasteiger partial charge in [-0.05, 0) is 32.4 Å². The van der Waals surface area contributed by atoms with Crippen LogP contribution in [0, 0.1) is 6.92 Å². The van der Waals surface area contributed by atoms with Crippen molar-refractivity contribution >= 4 is 0 Å². The summed E-state index contributed by atoms with van der Waals surface area (Å²) in [6.45, 7) is 9.20. The van der Waals surface area contributed by atoms with E-state index >= 15 is 0 Å². The lowest BCUT2D eigenvalue weighted by atomic mass is 10.1. The van der Waals surface area contributed by atoms with Crippen LogP contribution < -0.4 is 5.32 Å². The molecule has 19 heavy (non-hydrogen) atoms. The van der Waals surface area contributed by atoms with Crippen molar-refractivity contribution < 1.29 is 9.15 Å². The highest BCUT2D eigenvalue weighted by atomic mass is 16.5. The molecule has 1 aliphatic rings. The second-order valence-electron chi connectivity index (χ2n) is 5.29. The van der Waals surface area contributed by atoms with Crippen molar-refractivity contribution in [3.8, 4) is 0 Å². The molecule has 1 aromatic heterocycles. The SMILES string of the molecule is CCNCc1cc(CN2CCC(OC)CC2)c(C)o1. The zero-order valence-corrected chi connectivity index (χ0v) is 12.4. The number of ether oxygens (including phenoxy) is 1. The van der Waals surface area contributed by atoms with Crippen LogP contribution >= 0.6 is 0 Å². The fourth-order valence-corrected chi connectivity index (χ4v) is 2.62. The number of hydrogen-bond acceptors (Lipinski definition) is 4. The van der Waals surface area contributed by atoms with Gasteiger partial charge in [-0.2, -0.15) is 0 Å². The van der Waals surface area contributed by atoms with E-state index in [0.717, 1.165) is 57.1 Å². The fourth-order valence-electron chi connectivity index (χ4n) is 2.62. The first-order chi connectivity index (χ1) is 9.22. The largest absolute Gasteiger partial charge is 0.465 e. The van der Waals surface area contributed by atoms with Crippen molar-refractivity contribution in [1.82, 2.24) is 10.2 Å². The summed E-state index contributed by atoms with van der Waals surface area (Å²) in [5.74, 6) is 2.10. The van der Waals surface area contributed by atoms with Crippen molar-refractivity contribution in [1.29, 1.82) is 0 Å². The first-order valence-electron chi connectivity index (χ1n) is 7.27. The molecule has 0 amide bonds. The average molecular weight is 266 g/mol. The number of furan rings is 1. The molecule has 0 spiro atoms. The van der Waals surface area contributed by atoms with Crippen LogP contribution in [0.15, 0.2) is 10.5 Å². The standard InChI is InChI=1S/C15H26N2O2/c1-4-16-10-15-9-13(12(2)19-15)11-17-7-5-14(18-3)6-8-17/h9,14,16H,4-8,10-11H2,1-3H3. The van der Waals surface area contributed by atoms with E-state index < -0.39 is 0 Å². The van der Waals surface area contributed by atoms with Crippen LogP contribution in [0.5, 0.6) is 0 Å². The Hall–Kier alpha value is -0.840. The monoisotopic (exact) mass is 266 g/mol. The topological polar surface area (TPSA) is 37.6 Å². The van der Waals surface area contributed by atoms with Crippen LogP contribution in [0.1, 0.15) is 36.8 Å². The summed E-state index contributed by atoms with van der Waals surface area (Å²) >= 11 is 0. The second kappa shape index (κ2) is 7.08. The Morgan fingerprint density at radius 2 is 2.16 bits per heavy atom. The van der Waals surface area contributed by atoms with Gasteiger partial charge in [0, 0.05) is 32.3 Å². The van der Waals surface area contributed by atoms with Crippen LogP contribution in [-0.2, 0) is 17.8 Å². The quantitative estimate of drug-likeness (QED) is 0.857. The Labute approximate surface area is 116 Å². The van der Waals surface area contributed by atoms with E-state index in [1.807, 2.05) is 7.11 Å². The van der Waals surface area contributed by atoms with Crippen LogP contribution in [-0.4, -0.2) is 37.7 Å². The van der Waals surface area contributed by atoms with E-state index in [0.29, 0.717) is 6.10 Å². The van der Waals surface area contributed by atoms with Gasteiger partial charge in [-0.25, -0.2) is 0 Å². The number of aryl methyl sites for hydroxylation is 1. The van der Waals surface area contributed by atoms with Gasteiger partial charge in [0.25, 0.3) is 0 Å². The molecule has 2 heterocycles. The molecule has 0 aliphatic carbocycles. The van der Waals surface area contributed by atoms with E-state index in [1.165, 1.54) is 5.56 Å². The molecule has 1 aliphatic heterocycles. The average Bonchev–Trinajstić information content (AvgIpc) is 2.78. The molecule has 0 bridgehead atoms. The third-order valence-electron chi connectivity index (χ3n) is 3.88. The highest BCUT2D eigenvalue weighted by molar-refractivity contribution is 5.20. The Balaban J connectivity index is 1.87. The van der Waals surface area contributed by atoms with Crippen molar-refractivity contribution in [2.75, 3.05) is 26.7 Å². The Morgan fingerprint density at radius 3 is 2.79 bits per heavy atom. The number of nitrogens with zero attached hydrogens (tertiary/aromatic N) is 1. The maximum atomic E-state index is 5.79. The number of methoxy groups -OCH3 is 1. The first-order valence-corrected chi connectivity index (χ1v) is 7.27. The van der Waals surface area contributed by atoms with Gasteiger partial charge in [0.05, 0.1) is 12.6 Å². The van der Waals surface area contributed by atoms with E-state index in [-0.39, 0.29) is 0 Å². The summed E-state index contributed by atoms with van der Waals surface area (Å²) in [7, 11) is 1.81. The van der Waals surface area contributed by atoms with E-state index in [2.05, 4.69) is 30.1 Å². The van der Waals surface area contributed by atoms with Gasteiger partial charge in [-0.1, -0.05) is 6.92 Å². The molecule has 1 fully saturated rings. The number of hydrogen-bond donors (Lipinski definition) is 1. The predicted molar refractivity (Wildman–Crippen MR) is 76.1 cm³/mol. The third kappa shape index (κ3) is 4.06.